The number of primary amides is 1. The fraction of sp³-hybridized carbons (Fsp3) is 0.429. The molecule has 3 heterocycles. The second kappa shape index (κ2) is 5.70. The lowest BCUT2D eigenvalue weighted by molar-refractivity contribution is -0.142. The van der Waals surface area contributed by atoms with Gasteiger partial charge < -0.3 is 15.2 Å². The van der Waals surface area contributed by atoms with E-state index >= 15 is 0 Å². The summed E-state index contributed by atoms with van der Waals surface area (Å²) in [6.45, 7) is 1.49. The summed E-state index contributed by atoms with van der Waals surface area (Å²) in [6.07, 6.45) is 4.67. The van der Waals surface area contributed by atoms with Crippen LogP contribution in [0.25, 0.3) is 5.65 Å². The number of fused-ring (bicyclic) bond motifs is 1. The van der Waals surface area contributed by atoms with Crippen molar-refractivity contribution in [3.8, 4) is 0 Å². The number of nitrogens with zero attached hydrogens (tertiary/aromatic N) is 3. The number of carbonyl (C=O) groups is 1. The van der Waals surface area contributed by atoms with Gasteiger partial charge in [-0.05, 0) is 25.5 Å². The number of nitrogens with two attached hydrogens (primary N) is 1. The Hall–Kier alpha value is -1.34. The standard InChI is InChI=1S/C14H16Cl2N4O2/c15-9-4-11(16)12-18-10(7-20(12)5-9)6-19-3-1-2-14(22,8-19)13(17)21/h4-5,7,22H,1-3,6,8H2,(H2,17,21)/t14-/m0/s1. The molecule has 0 spiro atoms. The molecule has 3 rings (SSSR count). The Bertz CT molecular complexity index is 733. The summed E-state index contributed by atoms with van der Waals surface area (Å²) in [5, 5.41) is 11.2. The molecule has 0 aliphatic carbocycles. The lowest BCUT2D eigenvalue weighted by atomic mass is 9.92. The fourth-order valence-electron chi connectivity index (χ4n) is 2.84. The minimum Gasteiger partial charge on any atom is -0.379 e. The van der Waals surface area contributed by atoms with Gasteiger partial charge in [0, 0.05) is 25.5 Å². The van der Waals surface area contributed by atoms with Crippen molar-refractivity contribution in [2.75, 3.05) is 13.1 Å². The van der Waals surface area contributed by atoms with E-state index in [1.165, 1.54) is 0 Å². The minimum absolute atomic E-state index is 0.213. The van der Waals surface area contributed by atoms with Gasteiger partial charge in [-0.1, -0.05) is 23.2 Å². The minimum atomic E-state index is -1.46. The van der Waals surface area contributed by atoms with E-state index in [-0.39, 0.29) is 6.54 Å². The molecule has 8 heteroatoms. The van der Waals surface area contributed by atoms with E-state index in [4.69, 9.17) is 28.9 Å². The van der Waals surface area contributed by atoms with Crippen LogP contribution in [0, 0.1) is 0 Å². The van der Waals surface area contributed by atoms with Crippen molar-refractivity contribution in [2.45, 2.75) is 25.0 Å². The Morgan fingerprint density at radius 1 is 1.45 bits per heavy atom. The third-order valence-corrected chi connectivity index (χ3v) is 4.40. The number of β-amino-alcohol motifs (C(OH)–C–C–N with tert-alkyl or cyclic N) is 1. The lowest BCUT2D eigenvalue weighted by Gasteiger charge is -2.36. The average molecular weight is 343 g/mol. The molecule has 0 bridgehead atoms. The number of aliphatic hydroxyl groups is 1. The number of piperidine rings is 1. The van der Waals surface area contributed by atoms with E-state index in [0.717, 1.165) is 12.2 Å². The van der Waals surface area contributed by atoms with Gasteiger partial charge in [0.25, 0.3) is 5.91 Å². The van der Waals surface area contributed by atoms with Gasteiger partial charge in [0.2, 0.25) is 0 Å². The Morgan fingerprint density at radius 2 is 2.23 bits per heavy atom. The Labute approximate surface area is 137 Å². The number of hydrogen-bond acceptors (Lipinski definition) is 4. The maximum absolute atomic E-state index is 11.4. The molecule has 0 unspecified atom stereocenters. The number of aromatic nitrogens is 2. The molecule has 118 valence electrons. The predicted octanol–water partition coefficient (Wildman–Crippen LogP) is 1.45. The van der Waals surface area contributed by atoms with E-state index in [1.54, 1.807) is 16.7 Å². The number of likely N-dealkylation sites (tertiary alicyclic amines) is 1. The number of halogens is 2. The first-order chi connectivity index (χ1) is 10.4. The number of rotatable bonds is 3. The summed E-state index contributed by atoms with van der Waals surface area (Å²) in [4.78, 5) is 17.8. The zero-order valence-electron chi connectivity index (χ0n) is 11.8. The summed E-state index contributed by atoms with van der Waals surface area (Å²) in [7, 11) is 0. The van der Waals surface area contributed by atoms with Crippen LogP contribution in [-0.2, 0) is 11.3 Å². The molecule has 2 aromatic heterocycles. The fourth-order valence-corrected chi connectivity index (χ4v) is 3.37. The van der Waals surface area contributed by atoms with Gasteiger partial charge in [0.15, 0.2) is 11.2 Å². The smallest absolute Gasteiger partial charge is 0.250 e. The molecule has 1 saturated heterocycles. The third-order valence-electron chi connectivity index (χ3n) is 3.92. The number of carbonyl (C=O) groups excluding carboxylic acids is 1. The second-order valence-electron chi connectivity index (χ2n) is 5.68. The van der Waals surface area contributed by atoms with Crippen molar-refractivity contribution in [2.24, 2.45) is 5.73 Å². The van der Waals surface area contributed by atoms with Crippen LogP contribution >= 0.6 is 23.2 Å². The summed E-state index contributed by atoms with van der Waals surface area (Å²) in [5.41, 5.74) is 5.25. The van der Waals surface area contributed by atoms with Crippen LogP contribution in [0.3, 0.4) is 0 Å². The third kappa shape index (κ3) is 2.92. The van der Waals surface area contributed by atoms with Crippen LogP contribution in [0.15, 0.2) is 18.5 Å². The van der Waals surface area contributed by atoms with E-state index in [1.807, 2.05) is 11.1 Å². The first-order valence-corrected chi connectivity index (χ1v) is 7.70. The molecular weight excluding hydrogens is 327 g/mol. The van der Waals surface area contributed by atoms with Crippen LogP contribution in [0.2, 0.25) is 10.0 Å². The highest BCUT2D eigenvalue weighted by molar-refractivity contribution is 6.36. The number of imidazole rings is 1. The van der Waals surface area contributed by atoms with Gasteiger partial charge in [0.1, 0.15) is 0 Å². The van der Waals surface area contributed by atoms with Crippen LogP contribution < -0.4 is 5.73 Å². The SMILES string of the molecule is NC(=O)[C@]1(O)CCCN(Cc2cn3cc(Cl)cc(Cl)c3n2)C1. The van der Waals surface area contributed by atoms with Crippen molar-refractivity contribution < 1.29 is 9.90 Å². The van der Waals surface area contributed by atoms with Crippen molar-refractivity contribution >= 4 is 34.8 Å². The quantitative estimate of drug-likeness (QED) is 0.884. The van der Waals surface area contributed by atoms with Gasteiger partial charge >= 0.3 is 0 Å². The highest BCUT2D eigenvalue weighted by atomic mass is 35.5. The van der Waals surface area contributed by atoms with Crippen molar-refractivity contribution in [1.82, 2.24) is 14.3 Å². The molecule has 0 radical (unpaired) electrons. The number of hydrogen-bond donors (Lipinski definition) is 2. The molecular formula is C14H16Cl2N4O2. The van der Waals surface area contributed by atoms with E-state index in [2.05, 4.69) is 4.98 Å². The molecule has 1 fully saturated rings. The van der Waals surface area contributed by atoms with Crippen molar-refractivity contribution in [3.63, 3.8) is 0 Å². The lowest BCUT2D eigenvalue weighted by Crippen LogP contribution is -2.55. The highest BCUT2D eigenvalue weighted by Crippen LogP contribution is 2.24. The number of amides is 1. The summed E-state index contributed by atoms with van der Waals surface area (Å²) < 4.78 is 1.77. The first kappa shape index (κ1) is 15.6. The molecule has 0 aromatic carbocycles. The largest absolute Gasteiger partial charge is 0.379 e. The van der Waals surface area contributed by atoms with Crippen LogP contribution in [0.4, 0.5) is 0 Å². The van der Waals surface area contributed by atoms with Crippen LogP contribution in [0.1, 0.15) is 18.5 Å². The summed E-state index contributed by atoms with van der Waals surface area (Å²) in [6, 6.07) is 1.64. The monoisotopic (exact) mass is 342 g/mol. The molecule has 2 aromatic rings. The zero-order chi connectivity index (χ0) is 15.9. The molecule has 6 nitrogen and oxygen atoms in total. The molecule has 1 aliphatic rings. The van der Waals surface area contributed by atoms with Gasteiger partial charge in [-0.3, -0.25) is 9.69 Å². The Morgan fingerprint density at radius 3 is 2.95 bits per heavy atom. The van der Waals surface area contributed by atoms with Gasteiger partial charge in [-0.15, -0.1) is 0 Å². The molecule has 22 heavy (non-hydrogen) atoms. The van der Waals surface area contributed by atoms with E-state index in [9.17, 15) is 9.90 Å². The van der Waals surface area contributed by atoms with Gasteiger partial charge in [-0.2, -0.15) is 0 Å². The van der Waals surface area contributed by atoms with E-state index in [0.29, 0.717) is 35.1 Å². The molecule has 0 saturated carbocycles. The van der Waals surface area contributed by atoms with Crippen LogP contribution in [0.5, 0.6) is 0 Å². The Kier molecular flexibility index (Phi) is 4.03. The van der Waals surface area contributed by atoms with Crippen LogP contribution in [-0.4, -0.2) is 44.0 Å². The molecule has 1 aliphatic heterocycles. The normalized spacial score (nSPS) is 23.0. The predicted molar refractivity (Wildman–Crippen MR) is 83.9 cm³/mol. The molecule has 3 N–H and O–H groups in total. The summed E-state index contributed by atoms with van der Waals surface area (Å²) in [5.74, 6) is -0.679. The molecule has 1 atom stereocenters. The van der Waals surface area contributed by atoms with Gasteiger partial charge in [-0.25, -0.2) is 4.98 Å². The highest BCUT2D eigenvalue weighted by Gasteiger charge is 2.38. The number of pyridine rings is 1. The van der Waals surface area contributed by atoms with Crippen molar-refractivity contribution in [1.29, 1.82) is 0 Å². The van der Waals surface area contributed by atoms with Gasteiger partial charge in [0.05, 0.1) is 15.7 Å². The van der Waals surface area contributed by atoms with Crippen molar-refractivity contribution in [3.05, 3.63) is 34.2 Å². The second-order valence-corrected chi connectivity index (χ2v) is 6.52. The first-order valence-electron chi connectivity index (χ1n) is 6.95. The summed E-state index contributed by atoms with van der Waals surface area (Å²) >= 11 is 12.1. The maximum atomic E-state index is 11.4. The Balaban J connectivity index is 1.81. The molecule has 1 amide bonds. The van der Waals surface area contributed by atoms with E-state index < -0.39 is 11.5 Å². The topological polar surface area (TPSA) is 83.9 Å². The maximum Gasteiger partial charge on any atom is 0.250 e. The zero-order valence-corrected chi connectivity index (χ0v) is 13.3. The average Bonchev–Trinajstić information content (AvgIpc) is 2.81.